The number of nitrogens with zero attached hydrogens (tertiary/aromatic N) is 1. The van der Waals surface area contributed by atoms with Crippen molar-refractivity contribution in [2.45, 2.75) is 57.8 Å². The van der Waals surface area contributed by atoms with Crippen LogP contribution in [0.25, 0.3) is 0 Å². The van der Waals surface area contributed by atoms with Crippen LogP contribution in [0.5, 0.6) is 0 Å². The number of hydrogen-bond acceptors (Lipinski definition) is 2. The van der Waals surface area contributed by atoms with Crippen LogP contribution >= 0.6 is 0 Å². The Balaban J connectivity index is 2.25. The Morgan fingerprint density at radius 3 is 2.29 bits per heavy atom. The van der Waals surface area contributed by atoms with E-state index >= 15 is 0 Å². The first-order valence-electron chi connectivity index (χ1n) is 6.43. The molecule has 0 aromatic carbocycles. The molecule has 1 saturated carbocycles. The first-order chi connectivity index (χ1) is 7.90. The van der Waals surface area contributed by atoms with E-state index in [0.717, 1.165) is 0 Å². The van der Waals surface area contributed by atoms with Crippen molar-refractivity contribution < 1.29 is 13.2 Å². The zero-order valence-corrected chi connectivity index (χ0v) is 10.7. The van der Waals surface area contributed by atoms with Gasteiger partial charge in [0.15, 0.2) is 0 Å². The van der Waals surface area contributed by atoms with E-state index in [0.29, 0.717) is 25.2 Å². The van der Waals surface area contributed by atoms with Crippen LogP contribution in [0.1, 0.15) is 39.5 Å². The van der Waals surface area contributed by atoms with Crippen LogP contribution in [0.2, 0.25) is 0 Å². The third kappa shape index (κ3) is 5.73. The fraction of sp³-hybridized carbons (Fsp3) is 1.00. The fourth-order valence-electron chi connectivity index (χ4n) is 2.54. The van der Waals surface area contributed by atoms with E-state index in [4.69, 9.17) is 0 Å². The van der Waals surface area contributed by atoms with E-state index in [1.165, 1.54) is 25.7 Å². The van der Waals surface area contributed by atoms with Gasteiger partial charge >= 0.3 is 6.18 Å². The van der Waals surface area contributed by atoms with Gasteiger partial charge in [-0.15, -0.1) is 0 Å². The van der Waals surface area contributed by atoms with Crippen LogP contribution in [0.4, 0.5) is 13.2 Å². The molecule has 2 nitrogen and oxygen atoms in total. The summed E-state index contributed by atoms with van der Waals surface area (Å²) in [6, 6.07) is 0.980. The van der Waals surface area contributed by atoms with Crippen LogP contribution in [-0.2, 0) is 0 Å². The summed E-state index contributed by atoms with van der Waals surface area (Å²) in [4.78, 5) is 2.33. The Bertz CT molecular complexity index is 210. The normalized spacial score (nSPS) is 18.5. The minimum atomic E-state index is -4.10. The monoisotopic (exact) mass is 252 g/mol. The van der Waals surface area contributed by atoms with E-state index in [1.54, 1.807) is 0 Å². The summed E-state index contributed by atoms with van der Waals surface area (Å²) in [7, 11) is 0. The van der Waals surface area contributed by atoms with E-state index in [1.807, 2.05) is 0 Å². The van der Waals surface area contributed by atoms with Crippen molar-refractivity contribution in [3.8, 4) is 0 Å². The lowest BCUT2D eigenvalue weighted by Gasteiger charge is -2.32. The van der Waals surface area contributed by atoms with Gasteiger partial charge in [0.25, 0.3) is 0 Å². The summed E-state index contributed by atoms with van der Waals surface area (Å²) >= 11 is 0. The van der Waals surface area contributed by atoms with Crippen molar-refractivity contribution in [1.29, 1.82) is 0 Å². The number of alkyl halides is 3. The molecule has 1 N–H and O–H groups in total. The van der Waals surface area contributed by atoms with E-state index < -0.39 is 12.7 Å². The summed E-state index contributed by atoms with van der Waals surface area (Å²) in [6.45, 7) is 4.46. The Labute approximate surface area is 102 Å². The number of halogens is 3. The maximum Gasteiger partial charge on any atom is 0.401 e. The van der Waals surface area contributed by atoms with Crippen molar-refractivity contribution in [3.05, 3.63) is 0 Å². The number of rotatable bonds is 6. The van der Waals surface area contributed by atoms with Crippen molar-refractivity contribution in [2.75, 3.05) is 19.6 Å². The lowest BCUT2D eigenvalue weighted by molar-refractivity contribution is -0.124. The van der Waals surface area contributed by atoms with Gasteiger partial charge in [0, 0.05) is 25.2 Å². The van der Waals surface area contributed by atoms with Crippen molar-refractivity contribution in [1.82, 2.24) is 10.2 Å². The molecule has 1 aliphatic carbocycles. The van der Waals surface area contributed by atoms with Crippen molar-refractivity contribution in [2.24, 2.45) is 0 Å². The highest BCUT2D eigenvalue weighted by molar-refractivity contribution is 4.80. The predicted molar refractivity (Wildman–Crippen MR) is 63.0 cm³/mol. The van der Waals surface area contributed by atoms with E-state index in [9.17, 15) is 13.2 Å². The molecule has 0 aromatic rings. The summed E-state index contributed by atoms with van der Waals surface area (Å²) in [5.74, 6) is 0. The zero-order chi connectivity index (χ0) is 12.9. The van der Waals surface area contributed by atoms with Crippen LogP contribution in [0.3, 0.4) is 0 Å². The molecule has 1 rings (SSSR count). The van der Waals surface area contributed by atoms with Crippen molar-refractivity contribution in [3.63, 3.8) is 0 Å². The highest BCUT2D eigenvalue weighted by Crippen LogP contribution is 2.24. The van der Waals surface area contributed by atoms with Gasteiger partial charge in [-0.25, -0.2) is 0 Å². The summed E-state index contributed by atoms with van der Waals surface area (Å²) in [6.07, 6.45) is 0.790. The molecular formula is C12H23F3N2. The molecule has 0 heterocycles. The molecule has 1 fully saturated rings. The van der Waals surface area contributed by atoms with Gasteiger partial charge in [0.1, 0.15) is 0 Å². The Hall–Kier alpha value is -0.290. The van der Waals surface area contributed by atoms with Crippen LogP contribution in [0.15, 0.2) is 0 Å². The second-order valence-corrected chi connectivity index (χ2v) is 5.06. The molecule has 1 aliphatic rings. The van der Waals surface area contributed by atoms with Crippen LogP contribution < -0.4 is 5.32 Å². The summed E-state index contributed by atoms with van der Waals surface area (Å²) < 4.78 is 35.9. The van der Waals surface area contributed by atoms with Gasteiger partial charge in [-0.2, -0.15) is 13.2 Å². The lowest BCUT2D eigenvalue weighted by atomic mass is 10.1. The maximum absolute atomic E-state index is 12.0. The molecule has 5 heteroatoms. The molecule has 0 atom stereocenters. The fourth-order valence-corrected chi connectivity index (χ4v) is 2.54. The molecular weight excluding hydrogens is 229 g/mol. The van der Waals surface area contributed by atoms with Gasteiger partial charge < -0.3 is 5.32 Å². The maximum atomic E-state index is 12.0. The molecule has 0 radical (unpaired) electrons. The number of nitrogens with one attached hydrogen (secondary N) is 1. The molecule has 0 aliphatic heterocycles. The van der Waals surface area contributed by atoms with Crippen LogP contribution in [-0.4, -0.2) is 42.8 Å². The highest BCUT2D eigenvalue weighted by Gasteiger charge is 2.27. The molecule has 0 amide bonds. The summed E-state index contributed by atoms with van der Waals surface area (Å²) in [5, 5.41) is 2.47. The minimum absolute atomic E-state index is 0.408. The second kappa shape index (κ2) is 6.59. The standard InChI is InChI=1S/C12H23F3N2/c1-10(2)17(11-5-3-4-6-11)8-7-16-9-12(13,14)15/h10-11,16H,3-9H2,1-2H3. The highest BCUT2D eigenvalue weighted by atomic mass is 19.4. The van der Waals surface area contributed by atoms with E-state index in [2.05, 4.69) is 24.1 Å². The first kappa shape index (κ1) is 14.8. The molecule has 0 unspecified atom stereocenters. The molecule has 102 valence electrons. The van der Waals surface area contributed by atoms with Gasteiger partial charge in [-0.05, 0) is 26.7 Å². The topological polar surface area (TPSA) is 15.3 Å². The molecule has 0 aromatic heterocycles. The average Bonchev–Trinajstić information content (AvgIpc) is 2.68. The third-order valence-electron chi connectivity index (χ3n) is 3.33. The minimum Gasteiger partial charge on any atom is -0.307 e. The van der Waals surface area contributed by atoms with Gasteiger partial charge in [-0.3, -0.25) is 4.90 Å². The quantitative estimate of drug-likeness (QED) is 0.731. The number of hydrogen-bond donors (Lipinski definition) is 1. The van der Waals surface area contributed by atoms with Gasteiger partial charge in [0.05, 0.1) is 6.54 Å². The van der Waals surface area contributed by atoms with Gasteiger partial charge in [-0.1, -0.05) is 12.8 Å². The molecule has 0 spiro atoms. The first-order valence-corrected chi connectivity index (χ1v) is 6.43. The second-order valence-electron chi connectivity index (χ2n) is 5.06. The Morgan fingerprint density at radius 1 is 1.24 bits per heavy atom. The molecule has 17 heavy (non-hydrogen) atoms. The largest absolute Gasteiger partial charge is 0.401 e. The smallest absolute Gasteiger partial charge is 0.307 e. The lowest BCUT2D eigenvalue weighted by Crippen LogP contribution is -2.44. The summed E-state index contributed by atoms with van der Waals surface area (Å²) in [5.41, 5.74) is 0. The average molecular weight is 252 g/mol. The SMILES string of the molecule is CC(C)N(CCNCC(F)(F)F)C1CCCC1. The third-order valence-corrected chi connectivity index (χ3v) is 3.33. The molecule has 0 saturated heterocycles. The molecule has 0 bridgehead atoms. The van der Waals surface area contributed by atoms with Crippen molar-refractivity contribution >= 4 is 0 Å². The predicted octanol–water partition coefficient (Wildman–Crippen LogP) is 2.79. The van der Waals surface area contributed by atoms with Crippen LogP contribution in [0, 0.1) is 0 Å². The van der Waals surface area contributed by atoms with Gasteiger partial charge in [0.2, 0.25) is 0 Å². The Kier molecular flexibility index (Phi) is 5.73. The zero-order valence-electron chi connectivity index (χ0n) is 10.7. The Morgan fingerprint density at radius 2 is 1.82 bits per heavy atom. The van der Waals surface area contributed by atoms with E-state index in [-0.39, 0.29) is 0 Å².